The van der Waals surface area contributed by atoms with Gasteiger partial charge in [-0.05, 0) is 31.2 Å². The largest absolute Gasteiger partial charge is 0.393 e. The van der Waals surface area contributed by atoms with Gasteiger partial charge in [0.05, 0.1) is 11.4 Å². The van der Waals surface area contributed by atoms with E-state index in [9.17, 15) is 9.18 Å². The zero-order valence-corrected chi connectivity index (χ0v) is 12.3. The van der Waals surface area contributed by atoms with Crippen molar-refractivity contribution in [2.45, 2.75) is 39.7 Å². The van der Waals surface area contributed by atoms with Crippen LogP contribution >= 0.6 is 0 Å². The molecule has 1 heterocycles. The lowest BCUT2D eigenvalue weighted by molar-refractivity contribution is 0.470. The molecular weight excluding hydrogens is 257 g/mol. The predicted molar refractivity (Wildman–Crippen MR) is 78.8 cm³/mol. The molecule has 0 fully saturated rings. The van der Waals surface area contributed by atoms with Gasteiger partial charge in [-0.1, -0.05) is 20.8 Å². The van der Waals surface area contributed by atoms with Gasteiger partial charge < -0.3 is 5.73 Å². The zero-order chi connectivity index (χ0) is 15.1. The minimum absolute atomic E-state index is 0.246. The van der Waals surface area contributed by atoms with Gasteiger partial charge in [-0.3, -0.25) is 9.48 Å². The topological polar surface area (TPSA) is 52.9 Å². The molecule has 0 aliphatic rings. The molecule has 0 aliphatic heterocycles. The van der Waals surface area contributed by atoms with Crippen LogP contribution in [0.1, 0.15) is 33.4 Å². The highest BCUT2D eigenvalue weighted by Gasteiger charge is 2.27. The van der Waals surface area contributed by atoms with Gasteiger partial charge in [-0.15, -0.1) is 0 Å². The number of hydrogen-bond acceptors (Lipinski definition) is 2. The van der Waals surface area contributed by atoms with E-state index in [1.165, 1.54) is 16.8 Å². The summed E-state index contributed by atoms with van der Waals surface area (Å²) >= 11 is 0. The molecule has 1 aromatic heterocycles. The fraction of sp³-hybridized carbons (Fsp3) is 0.400. The first-order valence-electron chi connectivity index (χ1n) is 6.65. The molecule has 0 bridgehead atoms. The monoisotopic (exact) mass is 277 g/mol. The van der Waals surface area contributed by atoms with Crippen LogP contribution in [0.4, 0.5) is 10.1 Å². The van der Waals surface area contributed by atoms with Gasteiger partial charge in [-0.2, -0.15) is 0 Å². The third-order valence-electron chi connectivity index (χ3n) is 3.26. The second kappa shape index (κ2) is 4.81. The first-order valence-corrected chi connectivity index (χ1v) is 6.65. The molecule has 4 nitrogen and oxygen atoms in total. The molecule has 20 heavy (non-hydrogen) atoms. The summed E-state index contributed by atoms with van der Waals surface area (Å²) in [6.07, 6.45) is 0. The Labute approximate surface area is 117 Å². The van der Waals surface area contributed by atoms with Gasteiger partial charge in [0.15, 0.2) is 0 Å². The maximum atomic E-state index is 13.0. The number of nitrogens with zero attached hydrogens (tertiary/aromatic N) is 2. The number of benzene rings is 1. The van der Waals surface area contributed by atoms with Crippen molar-refractivity contribution < 1.29 is 4.39 Å². The van der Waals surface area contributed by atoms with E-state index in [-0.39, 0.29) is 22.5 Å². The molecule has 0 saturated carbocycles. The lowest BCUT2D eigenvalue weighted by Crippen LogP contribution is -2.24. The number of nitrogens with two attached hydrogens (primary N) is 1. The number of nitrogen functional groups attached to an aromatic ring is 1. The normalized spacial score (nSPS) is 11.8. The van der Waals surface area contributed by atoms with Crippen LogP contribution in [0.2, 0.25) is 0 Å². The third kappa shape index (κ3) is 2.24. The van der Waals surface area contributed by atoms with Gasteiger partial charge in [0.1, 0.15) is 11.5 Å². The summed E-state index contributed by atoms with van der Waals surface area (Å²) < 4.78 is 16.4. The minimum Gasteiger partial charge on any atom is -0.393 e. The summed E-state index contributed by atoms with van der Waals surface area (Å²) in [5.41, 5.74) is 7.16. The molecule has 2 N–H and O–H groups in total. The van der Waals surface area contributed by atoms with Crippen molar-refractivity contribution in [2.75, 3.05) is 5.73 Å². The van der Waals surface area contributed by atoms with Gasteiger partial charge in [0.2, 0.25) is 0 Å². The molecule has 0 atom stereocenters. The van der Waals surface area contributed by atoms with Crippen LogP contribution in [-0.4, -0.2) is 9.36 Å². The van der Waals surface area contributed by atoms with Gasteiger partial charge in [-0.25, -0.2) is 9.07 Å². The average Bonchev–Trinajstić information content (AvgIpc) is 2.62. The number of hydrogen-bond donors (Lipinski definition) is 1. The van der Waals surface area contributed by atoms with Crippen LogP contribution in [0.5, 0.6) is 0 Å². The van der Waals surface area contributed by atoms with Crippen LogP contribution in [0.15, 0.2) is 29.1 Å². The van der Waals surface area contributed by atoms with E-state index >= 15 is 0 Å². The van der Waals surface area contributed by atoms with Crippen molar-refractivity contribution in [3.8, 4) is 5.69 Å². The highest BCUT2D eigenvalue weighted by atomic mass is 19.1. The lowest BCUT2D eigenvalue weighted by atomic mass is 9.91. The SMILES string of the molecule is CCn1c(C(C)(C)C)c(N)c(=O)n1-c1ccc(F)cc1. The Morgan fingerprint density at radius 2 is 1.75 bits per heavy atom. The van der Waals surface area contributed by atoms with Crippen LogP contribution in [0.3, 0.4) is 0 Å². The van der Waals surface area contributed by atoms with Crippen molar-refractivity contribution >= 4 is 5.69 Å². The lowest BCUT2D eigenvalue weighted by Gasteiger charge is -2.22. The molecule has 0 amide bonds. The summed E-state index contributed by atoms with van der Waals surface area (Å²) in [5.74, 6) is -0.333. The van der Waals surface area contributed by atoms with Crippen LogP contribution in [0, 0.1) is 5.82 Å². The van der Waals surface area contributed by atoms with E-state index in [2.05, 4.69) is 0 Å². The molecule has 0 spiro atoms. The Hall–Kier alpha value is -2.04. The first-order chi connectivity index (χ1) is 9.27. The van der Waals surface area contributed by atoms with Crippen molar-refractivity contribution in [1.82, 2.24) is 9.36 Å². The predicted octanol–water partition coefficient (Wildman–Crippen LogP) is 2.68. The van der Waals surface area contributed by atoms with Crippen LogP contribution < -0.4 is 11.3 Å². The molecule has 5 heteroatoms. The molecule has 0 radical (unpaired) electrons. The van der Waals surface area contributed by atoms with E-state index in [1.54, 1.807) is 12.1 Å². The summed E-state index contributed by atoms with van der Waals surface area (Å²) in [5, 5.41) is 0. The van der Waals surface area contributed by atoms with Crippen molar-refractivity contribution in [3.05, 3.63) is 46.1 Å². The van der Waals surface area contributed by atoms with Crippen LogP contribution in [0.25, 0.3) is 5.69 Å². The third-order valence-corrected chi connectivity index (χ3v) is 3.26. The Morgan fingerprint density at radius 1 is 1.20 bits per heavy atom. The Kier molecular flexibility index (Phi) is 3.46. The maximum absolute atomic E-state index is 13.0. The molecule has 0 saturated heterocycles. The molecule has 2 aromatic rings. The standard InChI is InChI=1S/C15H20FN3O/c1-5-18-13(15(2,3)4)12(17)14(20)19(18)11-8-6-10(16)7-9-11/h6-9H,5,17H2,1-4H3. The summed E-state index contributed by atoms with van der Waals surface area (Å²) in [6, 6.07) is 5.83. The minimum atomic E-state index is -0.333. The summed E-state index contributed by atoms with van der Waals surface area (Å²) in [7, 11) is 0. The van der Waals surface area contributed by atoms with E-state index in [1.807, 2.05) is 32.4 Å². The molecule has 0 unspecified atom stereocenters. The van der Waals surface area contributed by atoms with Crippen molar-refractivity contribution in [3.63, 3.8) is 0 Å². The molecule has 0 aliphatic carbocycles. The number of anilines is 1. The molecule has 108 valence electrons. The van der Waals surface area contributed by atoms with Crippen molar-refractivity contribution in [1.29, 1.82) is 0 Å². The Morgan fingerprint density at radius 3 is 2.20 bits per heavy atom. The van der Waals surface area contributed by atoms with Crippen LogP contribution in [-0.2, 0) is 12.0 Å². The average molecular weight is 277 g/mol. The van der Waals surface area contributed by atoms with Crippen molar-refractivity contribution in [2.24, 2.45) is 0 Å². The molecular formula is C15H20FN3O. The van der Waals surface area contributed by atoms with Gasteiger partial charge in [0.25, 0.3) is 5.56 Å². The maximum Gasteiger partial charge on any atom is 0.294 e. The summed E-state index contributed by atoms with van der Waals surface area (Å²) in [6.45, 7) is 8.60. The zero-order valence-electron chi connectivity index (χ0n) is 12.3. The van der Waals surface area contributed by atoms with E-state index in [0.29, 0.717) is 12.2 Å². The van der Waals surface area contributed by atoms with Gasteiger partial charge in [0, 0.05) is 12.0 Å². The Bertz CT molecular complexity index is 675. The molecule has 1 aromatic carbocycles. The summed E-state index contributed by atoms with van der Waals surface area (Å²) in [4.78, 5) is 12.4. The second-order valence-electron chi connectivity index (χ2n) is 5.82. The highest BCUT2D eigenvalue weighted by molar-refractivity contribution is 5.48. The van der Waals surface area contributed by atoms with E-state index in [0.717, 1.165) is 5.69 Å². The number of rotatable bonds is 2. The van der Waals surface area contributed by atoms with Gasteiger partial charge >= 0.3 is 0 Å². The molecule has 2 rings (SSSR count). The Balaban J connectivity index is 2.78. The number of halogens is 1. The van der Waals surface area contributed by atoms with E-state index in [4.69, 9.17) is 5.73 Å². The fourth-order valence-corrected chi connectivity index (χ4v) is 2.49. The van der Waals surface area contributed by atoms with E-state index < -0.39 is 0 Å². The quantitative estimate of drug-likeness (QED) is 0.917. The number of aromatic nitrogens is 2. The first kappa shape index (κ1) is 14.4. The second-order valence-corrected chi connectivity index (χ2v) is 5.82. The fourth-order valence-electron chi connectivity index (χ4n) is 2.49. The smallest absolute Gasteiger partial charge is 0.294 e. The highest BCUT2D eigenvalue weighted by Crippen LogP contribution is 2.27.